The van der Waals surface area contributed by atoms with Crippen molar-refractivity contribution in [2.75, 3.05) is 6.54 Å². The van der Waals surface area contributed by atoms with Crippen LogP contribution in [0.3, 0.4) is 0 Å². The lowest BCUT2D eigenvalue weighted by molar-refractivity contribution is -0.132. The van der Waals surface area contributed by atoms with Crippen molar-refractivity contribution in [1.29, 1.82) is 0 Å². The second-order valence-corrected chi connectivity index (χ2v) is 6.01. The average Bonchev–Trinajstić information content (AvgIpc) is 2.91. The van der Waals surface area contributed by atoms with E-state index in [9.17, 15) is 9.59 Å². The first-order chi connectivity index (χ1) is 9.27. The first-order valence-corrected chi connectivity index (χ1v) is 6.64. The largest absolute Gasteiger partial charge is 0.424 e. The van der Waals surface area contributed by atoms with Gasteiger partial charge in [0.2, 0.25) is 23.6 Å². The maximum atomic E-state index is 12.1. The molecule has 7 nitrogen and oxygen atoms in total. The molecule has 0 aliphatic carbocycles. The molecule has 0 saturated carbocycles. The van der Waals surface area contributed by atoms with Crippen molar-refractivity contribution in [2.24, 2.45) is 5.92 Å². The van der Waals surface area contributed by atoms with Gasteiger partial charge in [-0.1, -0.05) is 0 Å². The number of carbonyl (C=O) groups excluding carboxylic acids is 2. The molecule has 7 heteroatoms. The Balaban J connectivity index is 1.89. The van der Waals surface area contributed by atoms with Gasteiger partial charge in [-0.2, -0.15) is 0 Å². The minimum Gasteiger partial charge on any atom is -0.424 e. The summed E-state index contributed by atoms with van der Waals surface area (Å²) in [5, 5.41) is 10.2. The molecule has 1 fully saturated rings. The van der Waals surface area contributed by atoms with Crippen LogP contribution in [-0.4, -0.2) is 39.0 Å². The highest BCUT2D eigenvalue weighted by molar-refractivity contribution is 5.89. The SMILES string of the molecule is Cc1nnc(CNC(=O)[C@@H]2CC(=O)N(C(C)(C)C)C2)o1. The Labute approximate surface area is 117 Å². The standard InChI is InChI=1S/C13H20N4O3/c1-8-15-16-10(20-8)6-14-12(19)9-5-11(18)17(7-9)13(2,3)4/h9H,5-7H2,1-4H3,(H,14,19)/t9-/m1/s1. The number of likely N-dealkylation sites (tertiary alicyclic amines) is 1. The number of amides is 2. The molecule has 20 heavy (non-hydrogen) atoms. The Hall–Kier alpha value is -1.92. The molecule has 0 radical (unpaired) electrons. The summed E-state index contributed by atoms with van der Waals surface area (Å²) in [6.45, 7) is 8.23. The number of hydrogen-bond donors (Lipinski definition) is 1. The summed E-state index contributed by atoms with van der Waals surface area (Å²) in [5.74, 6) is 0.384. The number of aryl methyl sites for hydroxylation is 1. The van der Waals surface area contributed by atoms with Gasteiger partial charge in [0.1, 0.15) is 0 Å². The van der Waals surface area contributed by atoms with Crippen molar-refractivity contribution in [3.63, 3.8) is 0 Å². The molecule has 1 aromatic heterocycles. The first kappa shape index (κ1) is 14.5. The fourth-order valence-electron chi connectivity index (χ4n) is 2.25. The van der Waals surface area contributed by atoms with Gasteiger partial charge >= 0.3 is 0 Å². The Morgan fingerprint density at radius 2 is 2.15 bits per heavy atom. The van der Waals surface area contributed by atoms with Crippen LogP contribution in [0.1, 0.15) is 39.0 Å². The molecule has 1 aliphatic rings. The zero-order chi connectivity index (χ0) is 14.9. The molecule has 1 saturated heterocycles. The molecule has 2 amide bonds. The summed E-state index contributed by atoms with van der Waals surface area (Å²) < 4.78 is 5.18. The van der Waals surface area contributed by atoms with Crippen LogP contribution in [-0.2, 0) is 16.1 Å². The molecule has 2 rings (SSSR count). The van der Waals surface area contributed by atoms with Crippen LogP contribution < -0.4 is 5.32 Å². The van der Waals surface area contributed by atoms with E-state index >= 15 is 0 Å². The van der Waals surface area contributed by atoms with E-state index in [0.717, 1.165) is 0 Å². The van der Waals surface area contributed by atoms with E-state index in [0.29, 0.717) is 18.3 Å². The van der Waals surface area contributed by atoms with Crippen molar-refractivity contribution < 1.29 is 14.0 Å². The molecule has 1 atom stereocenters. The van der Waals surface area contributed by atoms with Gasteiger partial charge < -0.3 is 14.6 Å². The lowest BCUT2D eigenvalue weighted by Gasteiger charge is -2.31. The minimum atomic E-state index is -0.314. The predicted molar refractivity (Wildman–Crippen MR) is 70.5 cm³/mol. The van der Waals surface area contributed by atoms with Crippen LogP contribution in [0.2, 0.25) is 0 Å². The average molecular weight is 280 g/mol. The number of nitrogens with zero attached hydrogens (tertiary/aromatic N) is 3. The van der Waals surface area contributed by atoms with Crippen LogP contribution in [0.5, 0.6) is 0 Å². The van der Waals surface area contributed by atoms with E-state index in [4.69, 9.17) is 4.42 Å². The molecule has 0 unspecified atom stereocenters. The maximum absolute atomic E-state index is 12.1. The summed E-state index contributed by atoms with van der Waals surface area (Å²) >= 11 is 0. The van der Waals surface area contributed by atoms with E-state index < -0.39 is 0 Å². The fraction of sp³-hybridized carbons (Fsp3) is 0.692. The van der Waals surface area contributed by atoms with Gasteiger partial charge in [-0.3, -0.25) is 9.59 Å². The summed E-state index contributed by atoms with van der Waals surface area (Å²) in [6.07, 6.45) is 0.256. The zero-order valence-electron chi connectivity index (χ0n) is 12.3. The molecule has 2 heterocycles. The van der Waals surface area contributed by atoms with Gasteiger partial charge in [0.25, 0.3) is 0 Å². The lowest BCUT2D eigenvalue weighted by Crippen LogP contribution is -2.43. The number of nitrogens with one attached hydrogen (secondary N) is 1. The van der Waals surface area contributed by atoms with Crippen molar-refractivity contribution in [1.82, 2.24) is 20.4 Å². The molecule has 110 valence electrons. The molecule has 1 aliphatic heterocycles. The summed E-state index contributed by atoms with van der Waals surface area (Å²) in [5.41, 5.74) is -0.254. The highest BCUT2D eigenvalue weighted by atomic mass is 16.4. The highest BCUT2D eigenvalue weighted by Gasteiger charge is 2.39. The van der Waals surface area contributed by atoms with E-state index in [1.54, 1.807) is 11.8 Å². The van der Waals surface area contributed by atoms with Gasteiger partial charge in [-0.25, -0.2) is 0 Å². The highest BCUT2D eigenvalue weighted by Crippen LogP contribution is 2.25. The van der Waals surface area contributed by atoms with Gasteiger partial charge in [-0.15, -0.1) is 10.2 Å². The third kappa shape index (κ3) is 3.15. The van der Waals surface area contributed by atoms with Crippen LogP contribution >= 0.6 is 0 Å². The minimum absolute atomic E-state index is 0.0197. The second-order valence-electron chi connectivity index (χ2n) is 6.01. The smallest absolute Gasteiger partial charge is 0.235 e. The van der Waals surface area contributed by atoms with Crippen molar-refractivity contribution in [3.05, 3.63) is 11.8 Å². The van der Waals surface area contributed by atoms with Crippen LogP contribution in [0.25, 0.3) is 0 Å². The predicted octanol–water partition coefficient (Wildman–Crippen LogP) is 0.641. The molecule has 1 N–H and O–H groups in total. The molecular formula is C13H20N4O3. The Kier molecular flexibility index (Phi) is 3.78. The van der Waals surface area contributed by atoms with Gasteiger partial charge in [0, 0.05) is 25.4 Å². The lowest BCUT2D eigenvalue weighted by atomic mass is 10.1. The van der Waals surface area contributed by atoms with Crippen LogP contribution in [0.4, 0.5) is 0 Å². The normalized spacial score (nSPS) is 19.5. The van der Waals surface area contributed by atoms with Crippen LogP contribution in [0, 0.1) is 12.8 Å². The number of rotatable bonds is 3. The maximum Gasteiger partial charge on any atom is 0.235 e. The zero-order valence-corrected chi connectivity index (χ0v) is 12.3. The second kappa shape index (κ2) is 5.22. The summed E-state index contributed by atoms with van der Waals surface area (Å²) in [4.78, 5) is 25.7. The Morgan fingerprint density at radius 1 is 1.45 bits per heavy atom. The van der Waals surface area contributed by atoms with E-state index in [1.165, 1.54) is 0 Å². The quantitative estimate of drug-likeness (QED) is 0.877. The molecule has 0 aromatic carbocycles. The fourth-order valence-corrected chi connectivity index (χ4v) is 2.25. The third-order valence-corrected chi connectivity index (χ3v) is 3.29. The van der Waals surface area contributed by atoms with Gasteiger partial charge in [-0.05, 0) is 20.8 Å². The van der Waals surface area contributed by atoms with E-state index in [1.807, 2.05) is 20.8 Å². The molecule has 1 aromatic rings. The molecule has 0 bridgehead atoms. The van der Waals surface area contributed by atoms with Crippen molar-refractivity contribution in [2.45, 2.75) is 46.2 Å². The van der Waals surface area contributed by atoms with Gasteiger partial charge in [0.15, 0.2) is 0 Å². The Morgan fingerprint density at radius 3 is 2.65 bits per heavy atom. The van der Waals surface area contributed by atoms with Crippen molar-refractivity contribution >= 4 is 11.8 Å². The summed E-state index contributed by atoms with van der Waals surface area (Å²) in [6, 6.07) is 0. The number of aromatic nitrogens is 2. The van der Waals surface area contributed by atoms with E-state index in [2.05, 4.69) is 15.5 Å². The van der Waals surface area contributed by atoms with Crippen LogP contribution in [0.15, 0.2) is 4.42 Å². The third-order valence-electron chi connectivity index (χ3n) is 3.29. The van der Waals surface area contributed by atoms with Gasteiger partial charge in [0.05, 0.1) is 12.5 Å². The molecular weight excluding hydrogens is 260 g/mol. The van der Waals surface area contributed by atoms with Crippen molar-refractivity contribution in [3.8, 4) is 0 Å². The first-order valence-electron chi connectivity index (χ1n) is 6.64. The molecule has 0 spiro atoms. The number of carbonyl (C=O) groups is 2. The monoisotopic (exact) mass is 280 g/mol. The Bertz CT molecular complexity index is 518. The topological polar surface area (TPSA) is 88.3 Å². The summed E-state index contributed by atoms with van der Waals surface area (Å²) in [7, 11) is 0. The number of hydrogen-bond acceptors (Lipinski definition) is 5. The van der Waals surface area contributed by atoms with E-state index in [-0.39, 0.29) is 36.2 Å².